The quantitative estimate of drug-likeness (QED) is 0.566. The lowest BCUT2D eigenvalue weighted by molar-refractivity contribution is 0.0955. The SMILES string of the molecule is Cc1cc(C=NNC(=O)c2ccccc2-n2cccc2)cc(C)c1O. The second kappa shape index (κ2) is 7.05. The van der Waals surface area contributed by atoms with Gasteiger partial charge in [-0.15, -0.1) is 0 Å². The number of carbonyl (C=O) groups excluding carboxylic acids is 1. The fourth-order valence-corrected chi connectivity index (χ4v) is 2.68. The van der Waals surface area contributed by atoms with Crippen LogP contribution < -0.4 is 5.43 Å². The molecule has 3 rings (SSSR count). The number of rotatable bonds is 4. The average Bonchev–Trinajstić information content (AvgIpc) is 3.14. The molecule has 0 aliphatic carbocycles. The lowest BCUT2D eigenvalue weighted by Gasteiger charge is -2.09. The minimum Gasteiger partial charge on any atom is -0.507 e. The third-order valence-corrected chi connectivity index (χ3v) is 3.92. The predicted molar refractivity (Wildman–Crippen MR) is 98.4 cm³/mol. The topological polar surface area (TPSA) is 66.6 Å². The molecule has 0 bridgehead atoms. The Morgan fingerprint density at radius 1 is 1.08 bits per heavy atom. The fraction of sp³-hybridized carbons (Fsp3) is 0.100. The van der Waals surface area contributed by atoms with Crippen molar-refractivity contribution in [2.75, 3.05) is 0 Å². The summed E-state index contributed by atoms with van der Waals surface area (Å²) >= 11 is 0. The standard InChI is InChI=1S/C20H19N3O2/c1-14-11-16(12-15(2)19(14)24)13-21-22-20(25)17-7-3-4-8-18(17)23-9-5-6-10-23/h3-13,24H,1-2H3,(H,22,25). The van der Waals surface area contributed by atoms with Crippen LogP contribution in [0.5, 0.6) is 5.75 Å². The van der Waals surface area contributed by atoms with Crippen molar-refractivity contribution in [2.45, 2.75) is 13.8 Å². The van der Waals surface area contributed by atoms with Crippen LogP contribution in [0.1, 0.15) is 27.0 Å². The number of hydrogen-bond acceptors (Lipinski definition) is 3. The Morgan fingerprint density at radius 3 is 2.40 bits per heavy atom. The molecule has 0 atom stereocenters. The molecule has 126 valence electrons. The summed E-state index contributed by atoms with van der Waals surface area (Å²) in [6.45, 7) is 3.65. The summed E-state index contributed by atoms with van der Waals surface area (Å²) in [5.74, 6) is -0.00499. The first kappa shape index (κ1) is 16.5. The molecular weight excluding hydrogens is 314 g/mol. The van der Waals surface area contributed by atoms with Crippen molar-refractivity contribution in [2.24, 2.45) is 5.10 Å². The number of hydrazone groups is 1. The van der Waals surface area contributed by atoms with E-state index in [4.69, 9.17) is 0 Å². The van der Waals surface area contributed by atoms with E-state index < -0.39 is 0 Å². The van der Waals surface area contributed by atoms with E-state index in [9.17, 15) is 9.90 Å². The molecule has 0 spiro atoms. The van der Waals surface area contributed by atoms with Gasteiger partial charge in [0.15, 0.2) is 0 Å². The third-order valence-electron chi connectivity index (χ3n) is 3.92. The summed E-state index contributed by atoms with van der Waals surface area (Å²) < 4.78 is 1.88. The van der Waals surface area contributed by atoms with E-state index in [1.165, 1.54) is 0 Å². The van der Waals surface area contributed by atoms with Crippen LogP contribution in [0.3, 0.4) is 0 Å². The van der Waals surface area contributed by atoms with E-state index in [2.05, 4.69) is 10.5 Å². The molecule has 0 aliphatic rings. The van der Waals surface area contributed by atoms with E-state index in [0.717, 1.165) is 22.4 Å². The Labute approximate surface area is 146 Å². The highest BCUT2D eigenvalue weighted by molar-refractivity contribution is 5.98. The van der Waals surface area contributed by atoms with Gasteiger partial charge in [-0.3, -0.25) is 4.79 Å². The molecule has 3 aromatic rings. The van der Waals surface area contributed by atoms with Gasteiger partial charge in [0.25, 0.3) is 5.91 Å². The second-order valence-corrected chi connectivity index (χ2v) is 5.81. The van der Waals surface area contributed by atoms with Crippen LogP contribution in [0.4, 0.5) is 0 Å². The van der Waals surface area contributed by atoms with Crippen LogP contribution >= 0.6 is 0 Å². The van der Waals surface area contributed by atoms with Gasteiger partial charge in [0.2, 0.25) is 0 Å². The average molecular weight is 333 g/mol. The number of amides is 1. The van der Waals surface area contributed by atoms with Gasteiger partial charge in [-0.2, -0.15) is 5.10 Å². The summed E-state index contributed by atoms with van der Waals surface area (Å²) in [6.07, 6.45) is 5.34. The number of phenols is 1. The molecule has 5 nitrogen and oxygen atoms in total. The maximum atomic E-state index is 12.5. The number of benzene rings is 2. The van der Waals surface area contributed by atoms with Crippen molar-refractivity contribution in [3.8, 4) is 11.4 Å². The van der Waals surface area contributed by atoms with Crippen molar-refractivity contribution >= 4 is 12.1 Å². The highest BCUT2D eigenvalue weighted by Gasteiger charge is 2.11. The van der Waals surface area contributed by atoms with E-state index in [-0.39, 0.29) is 11.7 Å². The van der Waals surface area contributed by atoms with Crippen molar-refractivity contribution in [3.05, 3.63) is 83.2 Å². The maximum Gasteiger partial charge on any atom is 0.273 e. The predicted octanol–water partition coefficient (Wildman–Crippen LogP) is 3.56. The van der Waals surface area contributed by atoms with Crippen molar-refractivity contribution < 1.29 is 9.90 Å². The lowest BCUT2D eigenvalue weighted by atomic mass is 10.1. The van der Waals surface area contributed by atoms with Crippen LogP contribution in [0.15, 0.2) is 66.0 Å². The van der Waals surface area contributed by atoms with Crippen LogP contribution in [-0.2, 0) is 0 Å². The van der Waals surface area contributed by atoms with Crippen molar-refractivity contribution in [1.29, 1.82) is 0 Å². The Hall–Kier alpha value is -3.34. The number of nitrogens with one attached hydrogen (secondary N) is 1. The molecule has 0 aliphatic heterocycles. The summed E-state index contributed by atoms with van der Waals surface area (Å²) in [5, 5.41) is 13.8. The van der Waals surface area contributed by atoms with Gasteiger partial charge in [0, 0.05) is 12.4 Å². The highest BCUT2D eigenvalue weighted by atomic mass is 16.3. The summed E-state index contributed by atoms with van der Waals surface area (Å²) in [5.41, 5.74) is 6.23. The second-order valence-electron chi connectivity index (χ2n) is 5.81. The smallest absolute Gasteiger partial charge is 0.273 e. The molecule has 0 saturated carbocycles. The Kier molecular flexibility index (Phi) is 4.66. The van der Waals surface area contributed by atoms with Gasteiger partial charge in [0.1, 0.15) is 5.75 Å². The molecule has 1 amide bonds. The zero-order chi connectivity index (χ0) is 17.8. The summed E-state index contributed by atoms with van der Waals surface area (Å²) in [4.78, 5) is 12.5. The Bertz CT molecular complexity index is 905. The first-order valence-corrected chi connectivity index (χ1v) is 7.92. The monoisotopic (exact) mass is 333 g/mol. The highest BCUT2D eigenvalue weighted by Crippen LogP contribution is 2.22. The van der Waals surface area contributed by atoms with Crippen molar-refractivity contribution in [3.63, 3.8) is 0 Å². The Morgan fingerprint density at radius 2 is 1.72 bits per heavy atom. The first-order chi connectivity index (χ1) is 12.1. The molecular formula is C20H19N3O2. The largest absolute Gasteiger partial charge is 0.507 e. The van der Waals surface area contributed by atoms with Crippen LogP contribution in [0.2, 0.25) is 0 Å². The fourth-order valence-electron chi connectivity index (χ4n) is 2.68. The van der Waals surface area contributed by atoms with E-state index in [0.29, 0.717) is 5.56 Å². The van der Waals surface area contributed by atoms with Gasteiger partial charge in [-0.1, -0.05) is 12.1 Å². The van der Waals surface area contributed by atoms with Gasteiger partial charge in [0.05, 0.1) is 17.5 Å². The number of nitrogens with zero attached hydrogens (tertiary/aromatic N) is 2. The molecule has 2 N–H and O–H groups in total. The first-order valence-electron chi connectivity index (χ1n) is 7.92. The van der Waals surface area contributed by atoms with Crippen LogP contribution in [0.25, 0.3) is 5.69 Å². The molecule has 1 heterocycles. The molecule has 0 unspecified atom stereocenters. The third kappa shape index (κ3) is 3.61. The van der Waals surface area contributed by atoms with E-state index in [1.54, 1.807) is 12.3 Å². The zero-order valence-corrected chi connectivity index (χ0v) is 14.1. The van der Waals surface area contributed by atoms with E-state index in [1.807, 2.05) is 73.3 Å². The van der Waals surface area contributed by atoms with Crippen molar-refractivity contribution in [1.82, 2.24) is 9.99 Å². The number of aromatic nitrogens is 1. The number of aryl methyl sites for hydroxylation is 2. The summed E-state index contributed by atoms with van der Waals surface area (Å²) in [7, 11) is 0. The number of carbonyl (C=O) groups is 1. The molecule has 5 heteroatoms. The Balaban J connectivity index is 1.78. The van der Waals surface area contributed by atoms with E-state index >= 15 is 0 Å². The minimum absolute atomic E-state index is 0.279. The van der Waals surface area contributed by atoms with Gasteiger partial charge < -0.3 is 9.67 Å². The number of aromatic hydroxyl groups is 1. The molecule has 1 aromatic heterocycles. The number of para-hydroxylation sites is 1. The van der Waals surface area contributed by atoms with Gasteiger partial charge in [-0.05, 0) is 66.9 Å². The molecule has 2 aromatic carbocycles. The van der Waals surface area contributed by atoms with Gasteiger partial charge >= 0.3 is 0 Å². The molecule has 0 fully saturated rings. The molecule has 0 saturated heterocycles. The number of phenolic OH excluding ortho intramolecular Hbond substituents is 1. The van der Waals surface area contributed by atoms with Gasteiger partial charge in [-0.25, -0.2) is 5.43 Å². The maximum absolute atomic E-state index is 12.5. The van der Waals surface area contributed by atoms with Crippen LogP contribution in [-0.4, -0.2) is 21.8 Å². The van der Waals surface area contributed by atoms with Crippen LogP contribution in [0, 0.1) is 13.8 Å². The summed E-state index contributed by atoms with van der Waals surface area (Å²) in [6, 6.07) is 14.8. The lowest BCUT2D eigenvalue weighted by Crippen LogP contribution is -2.19. The molecule has 25 heavy (non-hydrogen) atoms. The molecule has 0 radical (unpaired) electrons. The zero-order valence-electron chi connectivity index (χ0n) is 14.1. The number of hydrogen-bond donors (Lipinski definition) is 2. The minimum atomic E-state index is -0.284. The normalized spacial score (nSPS) is 11.0.